The van der Waals surface area contributed by atoms with Crippen LogP contribution in [0.4, 0.5) is 10.3 Å². The molecule has 0 aliphatic carbocycles. The fraction of sp³-hybridized carbons (Fsp3) is 0.308. The highest BCUT2D eigenvalue weighted by atomic mass is 35.5. The van der Waals surface area contributed by atoms with Crippen molar-refractivity contribution in [3.8, 4) is 5.69 Å². The number of rotatable bonds is 5. The highest BCUT2D eigenvalue weighted by molar-refractivity contribution is 6.35. The molecule has 108 valence electrons. The summed E-state index contributed by atoms with van der Waals surface area (Å²) in [6.07, 6.45) is 1.81. The summed E-state index contributed by atoms with van der Waals surface area (Å²) in [5.41, 5.74) is 1.46. The molecule has 0 radical (unpaired) electrons. The van der Waals surface area contributed by atoms with Crippen molar-refractivity contribution < 1.29 is 9.13 Å². The van der Waals surface area contributed by atoms with E-state index in [0.29, 0.717) is 24.8 Å². The highest BCUT2D eigenvalue weighted by Gasteiger charge is 2.12. The van der Waals surface area contributed by atoms with E-state index in [1.807, 2.05) is 13.1 Å². The van der Waals surface area contributed by atoms with E-state index in [1.165, 1.54) is 12.1 Å². The van der Waals surface area contributed by atoms with E-state index in [2.05, 4.69) is 10.3 Å². The zero-order valence-corrected chi connectivity index (χ0v) is 12.6. The van der Waals surface area contributed by atoms with Crippen LogP contribution in [0, 0.1) is 12.7 Å². The van der Waals surface area contributed by atoms with E-state index in [0.717, 1.165) is 5.69 Å². The Hall–Kier alpha value is -1.30. The van der Waals surface area contributed by atoms with Crippen LogP contribution < -0.4 is 5.32 Å². The maximum Gasteiger partial charge on any atom is 0.207 e. The number of nitrogens with one attached hydrogen (secondary N) is 1. The van der Waals surface area contributed by atoms with Crippen LogP contribution in [0.1, 0.15) is 5.69 Å². The van der Waals surface area contributed by atoms with Gasteiger partial charge in [-0.1, -0.05) is 23.2 Å². The van der Waals surface area contributed by atoms with Gasteiger partial charge in [-0.2, -0.15) is 0 Å². The summed E-state index contributed by atoms with van der Waals surface area (Å²) in [6, 6.07) is 3.01. The first-order chi connectivity index (χ1) is 9.52. The second-order valence-electron chi connectivity index (χ2n) is 4.22. The van der Waals surface area contributed by atoms with Gasteiger partial charge in [0.05, 0.1) is 28.0 Å². The van der Waals surface area contributed by atoms with Crippen molar-refractivity contribution in [3.05, 3.63) is 39.9 Å². The average Bonchev–Trinajstić information content (AvgIpc) is 2.77. The summed E-state index contributed by atoms with van der Waals surface area (Å²) in [5.74, 6) is 0.00102. The van der Waals surface area contributed by atoms with Crippen molar-refractivity contribution in [2.24, 2.45) is 0 Å². The highest BCUT2D eigenvalue weighted by Crippen LogP contribution is 2.28. The minimum absolute atomic E-state index is 0.0262. The predicted octanol–water partition coefficient (Wildman–Crippen LogP) is 3.68. The van der Waals surface area contributed by atoms with Gasteiger partial charge in [0.2, 0.25) is 5.95 Å². The smallest absolute Gasteiger partial charge is 0.207 e. The van der Waals surface area contributed by atoms with Crippen LogP contribution in [0.3, 0.4) is 0 Å². The summed E-state index contributed by atoms with van der Waals surface area (Å²) in [6.45, 7) is 3.02. The molecule has 0 unspecified atom stereocenters. The molecule has 1 aromatic carbocycles. The monoisotopic (exact) mass is 317 g/mol. The Morgan fingerprint density at radius 2 is 2.00 bits per heavy atom. The maximum atomic E-state index is 13.5. The second kappa shape index (κ2) is 6.43. The fourth-order valence-corrected chi connectivity index (χ4v) is 2.24. The lowest BCUT2D eigenvalue weighted by Gasteiger charge is -2.10. The first-order valence-corrected chi connectivity index (χ1v) is 6.72. The minimum Gasteiger partial charge on any atom is -0.383 e. The third-order valence-electron chi connectivity index (χ3n) is 2.66. The normalized spacial score (nSPS) is 10.8. The number of nitrogens with zero attached hydrogens (tertiary/aromatic N) is 2. The molecule has 0 atom stereocenters. The molecule has 0 aliphatic rings. The Kier molecular flexibility index (Phi) is 4.86. The number of aryl methyl sites for hydroxylation is 1. The zero-order chi connectivity index (χ0) is 14.7. The van der Waals surface area contributed by atoms with Gasteiger partial charge >= 0.3 is 0 Å². The van der Waals surface area contributed by atoms with Crippen LogP contribution in [0.2, 0.25) is 10.0 Å². The Morgan fingerprint density at radius 1 is 1.35 bits per heavy atom. The topological polar surface area (TPSA) is 39.1 Å². The summed E-state index contributed by atoms with van der Waals surface area (Å²) in [7, 11) is 1.62. The Balaban J connectivity index is 2.37. The molecule has 1 N–H and O–H groups in total. The van der Waals surface area contributed by atoms with Crippen molar-refractivity contribution in [1.29, 1.82) is 0 Å². The molecule has 1 aromatic heterocycles. The van der Waals surface area contributed by atoms with E-state index in [9.17, 15) is 4.39 Å². The van der Waals surface area contributed by atoms with Gasteiger partial charge in [-0.05, 0) is 19.1 Å². The van der Waals surface area contributed by atoms with E-state index < -0.39 is 5.82 Å². The van der Waals surface area contributed by atoms with Gasteiger partial charge in [0, 0.05) is 19.9 Å². The van der Waals surface area contributed by atoms with Crippen LogP contribution in [0.5, 0.6) is 0 Å². The number of ether oxygens (including phenoxy) is 1. The van der Waals surface area contributed by atoms with Gasteiger partial charge in [-0.15, -0.1) is 0 Å². The van der Waals surface area contributed by atoms with Crippen LogP contribution in [-0.2, 0) is 4.74 Å². The molecule has 2 rings (SSSR count). The summed E-state index contributed by atoms with van der Waals surface area (Å²) in [5, 5.41) is 3.08. The molecule has 20 heavy (non-hydrogen) atoms. The molecule has 1 heterocycles. The zero-order valence-electron chi connectivity index (χ0n) is 11.1. The van der Waals surface area contributed by atoms with E-state index >= 15 is 0 Å². The van der Waals surface area contributed by atoms with Crippen LogP contribution in [-0.4, -0.2) is 29.8 Å². The third-order valence-corrected chi connectivity index (χ3v) is 3.21. The minimum atomic E-state index is -0.622. The van der Waals surface area contributed by atoms with Gasteiger partial charge in [0.25, 0.3) is 0 Å². The maximum absolute atomic E-state index is 13.5. The fourth-order valence-electron chi connectivity index (χ4n) is 1.77. The summed E-state index contributed by atoms with van der Waals surface area (Å²) < 4.78 is 20.2. The Morgan fingerprint density at radius 3 is 2.60 bits per heavy atom. The molecular formula is C13H14Cl2FN3O. The molecule has 4 nitrogen and oxygen atoms in total. The number of anilines is 1. The molecule has 0 saturated carbocycles. The van der Waals surface area contributed by atoms with Gasteiger partial charge in [0.1, 0.15) is 0 Å². The number of aromatic nitrogens is 2. The van der Waals surface area contributed by atoms with E-state index in [4.69, 9.17) is 27.9 Å². The van der Waals surface area contributed by atoms with Gasteiger partial charge in [-0.3, -0.25) is 4.57 Å². The standard InChI is InChI=1S/C13H14Cl2FN3O/c1-8-7-19(13(18-8)17-3-4-20-2)9-5-10(14)12(16)11(15)6-9/h5-7H,3-4H2,1-2H3,(H,17,18). The third kappa shape index (κ3) is 3.23. The van der Waals surface area contributed by atoms with Crippen LogP contribution >= 0.6 is 23.2 Å². The number of imidazole rings is 1. The van der Waals surface area contributed by atoms with Crippen LogP contribution in [0.15, 0.2) is 18.3 Å². The number of hydrogen-bond acceptors (Lipinski definition) is 3. The number of benzene rings is 1. The number of methoxy groups -OCH3 is 1. The Labute approximate surface area is 126 Å². The number of hydrogen-bond donors (Lipinski definition) is 1. The van der Waals surface area contributed by atoms with Crippen molar-refractivity contribution in [3.63, 3.8) is 0 Å². The quantitative estimate of drug-likeness (QED) is 0.675. The van der Waals surface area contributed by atoms with Gasteiger partial charge in [0.15, 0.2) is 5.82 Å². The second-order valence-corrected chi connectivity index (χ2v) is 5.03. The molecule has 7 heteroatoms. The van der Waals surface area contributed by atoms with Crippen molar-refractivity contribution in [2.75, 3.05) is 25.6 Å². The lowest BCUT2D eigenvalue weighted by atomic mass is 10.3. The van der Waals surface area contributed by atoms with Crippen molar-refractivity contribution >= 4 is 29.2 Å². The molecule has 0 saturated heterocycles. The van der Waals surface area contributed by atoms with E-state index in [-0.39, 0.29) is 10.0 Å². The van der Waals surface area contributed by atoms with Gasteiger partial charge in [-0.25, -0.2) is 9.37 Å². The van der Waals surface area contributed by atoms with Crippen molar-refractivity contribution in [1.82, 2.24) is 9.55 Å². The molecule has 0 bridgehead atoms. The number of halogens is 3. The predicted molar refractivity (Wildman–Crippen MR) is 78.6 cm³/mol. The molecule has 2 aromatic rings. The lowest BCUT2D eigenvalue weighted by molar-refractivity contribution is 0.210. The molecule has 0 aliphatic heterocycles. The Bertz CT molecular complexity index is 593. The molecular weight excluding hydrogens is 304 g/mol. The SMILES string of the molecule is COCCNc1nc(C)cn1-c1cc(Cl)c(F)c(Cl)c1. The summed E-state index contributed by atoms with van der Waals surface area (Å²) >= 11 is 11.6. The molecule has 0 amide bonds. The first kappa shape index (κ1) is 15.1. The van der Waals surface area contributed by atoms with Crippen molar-refractivity contribution in [2.45, 2.75) is 6.92 Å². The largest absolute Gasteiger partial charge is 0.383 e. The average molecular weight is 318 g/mol. The van der Waals surface area contributed by atoms with Crippen LogP contribution in [0.25, 0.3) is 5.69 Å². The first-order valence-electron chi connectivity index (χ1n) is 5.96. The van der Waals surface area contributed by atoms with E-state index in [1.54, 1.807) is 11.7 Å². The summed E-state index contributed by atoms with van der Waals surface area (Å²) in [4.78, 5) is 4.36. The molecule has 0 spiro atoms. The van der Waals surface area contributed by atoms with Gasteiger partial charge < -0.3 is 10.1 Å². The molecule has 0 fully saturated rings. The lowest BCUT2D eigenvalue weighted by Crippen LogP contribution is -2.11.